The van der Waals surface area contributed by atoms with Gasteiger partial charge in [0.05, 0.1) is 6.61 Å². The molecule has 0 saturated heterocycles. The molecule has 1 atom stereocenters. The fourth-order valence-electron chi connectivity index (χ4n) is 2.27. The Morgan fingerprint density at radius 1 is 1.10 bits per heavy atom. The highest BCUT2D eigenvalue weighted by atomic mass is 16.5. The third kappa shape index (κ3) is 5.55. The van der Waals surface area contributed by atoms with Gasteiger partial charge in [0.1, 0.15) is 5.82 Å². The molecule has 0 saturated carbocycles. The van der Waals surface area contributed by atoms with E-state index in [1.54, 1.807) is 7.11 Å². The van der Waals surface area contributed by atoms with Gasteiger partial charge in [-0.15, -0.1) is 0 Å². The van der Waals surface area contributed by atoms with Crippen molar-refractivity contribution in [2.24, 2.45) is 5.92 Å². The van der Waals surface area contributed by atoms with Crippen LogP contribution in [0.2, 0.25) is 0 Å². The van der Waals surface area contributed by atoms with Gasteiger partial charge in [-0.05, 0) is 38.3 Å². The average Bonchev–Trinajstić information content (AvgIpc) is 2.38. The average molecular weight is 279 g/mol. The molecule has 1 unspecified atom stereocenters. The van der Waals surface area contributed by atoms with Gasteiger partial charge in [-0.1, -0.05) is 20.8 Å². The lowest BCUT2D eigenvalue weighted by atomic mass is 9.98. The van der Waals surface area contributed by atoms with Crippen molar-refractivity contribution in [1.29, 1.82) is 0 Å². The van der Waals surface area contributed by atoms with Gasteiger partial charge in [-0.2, -0.15) is 0 Å². The quantitative estimate of drug-likeness (QED) is 0.794. The summed E-state index contributed by atoms with van der Waals surface area (Å²) in [7, 11) is 1.71. The number of hydrogen-bond acceptors (Lipinski definition) is 4. The highest BCUT2D eigenvalue weighted by Gasteiger charge is 2.12. The van der Waals surface area contributed by atoms with Crippen molar-refractivity contribution >= 4 is 0 Å². The van der Waals surface area contributed by atoms with E-state index in [0.29, 0.717) is 18.6 Å². The largest absolute Gasteiger partial charge is 0.384 e. The molecule has 0 aromatic carbocycles. The van der Waals surface area contributed by atoms with Crippen LogP contribution >= 0.6 is 0 Å². The van der Waals surface area contributed by atoms with Crippen LogP contribution in [0, 0.1) is 19.8 Å². The van der Waals surface area contributed by atoms with Crippen molar-refractivity contribution < 1.29 is 4.74 Å². The van der Waals surface area contributed by atoms with Gasteiger partial charge in [-0.25, -0.2) is 9.97 Å². The Balaban J connectivity index is 2.70. The number of aromatic nitrogens is 2. The molecule has 1 N–H and O–H groups in total. The highest BCUT2D eigenvalue weighted by Crippen LogP contribution is 2.15. The third-order valence-corrected chi connectivity index (χ3v) is 3.42. The van der Waals surface area contributed by atoms with Gasteiger partial charge in [0.2, 0.25) is 0 Å². The summed E-state index contributed by atoms with van der Waals surface area (Å²) in [5.41, 5.74) is 3.52. The summed E-state index contributed by atoms with van der Waals surface area (Å²) in [4.78, 5) is 9.22. The first-order chi connectivity index (χ1) is 9.43. The molecule has 1 aromatic rings. The van der Waals surface area contributed by atoms with Crippen molar-refractivity contribution in [2.75, 3.05) is 20.3 Å². The molecule has 114 valence electrons. The van der Waals surface area contributed by atoms with E-state index in [1.165, 1.54) is 5.56 Å². The molecule has 0 bridgehead atoms. The monoisotopic (exact) mass is 279 g/mol. The SMILES string of the molecule is COCCc1nc(C)c(CC(C)CNC(C)C)c(C)n1. The van der Waals surface area contributed by atoms with E-state index in [4.69, 9.17) is 4.74 Å². The van der Waals surface area contributed by atoms with E-state index in [2.05, 4.69) is 49.9 Å². The lowest BCUT2D eigenvalue weighted by Crippen LogP contribution is -2.29. The van der Waals surface area contributed by atoms with Gasteiger partial charge in [0.15, 0.2) is 0 Å². The fourth-order valence-corrected chi connectivity index (χ4v) is 2.27. The molecule has 4 nitrogen and oxygen atoms in total. The molecule has 0 fully saturated rings. The fraction of sp³-hybridized carbons (Fsp3) is 0.750. The zero-order valence-corrected chi connectivity index (χ0v) is 13.8. The maximum atomic E-state index is 5.09. The smallest absolute Gasteiger partial charge is 0.131 e. The topological polar surface area (TPSA) is 47.0 Å². The summed E-state index contributed by atoms with van der Waals surface area (Å²) in [6, 6.07) is 0.535. The summed E-state index contributed by atoms with van der Waals surface area (Å²) in [5, 5.41) is 3.49. The van der Waals surface area contributed by atoms with Crippen LogP contribution in [-0.4, -0.2) is 36.3 Å². The second-order valence-corrected chi connectivity index (χ2v) is 5.90. The minimum atomic E-state index is 0.535. The molecular formula is C16H29N3O. The van der Waals surface area contributed by atoms with Crippen molar-refractivity contribution in [3.05, 3.63) is 22.8 Å². The van der Waals surface area contributed by atoms with Crippen LogP contribution in [0.25, 0.3) is 0 Å². The van der Waals surface area contributed by atoms with E-state index in [0.717, 1.165) is 36.6 Å². The normalized spacial score (nSPS) is 12.9. The molecule has 1 aromatic heterocycles. The molecule has 0 aliphatic rings. The number of ether oxygens (including phenoxy) is 1. The summed E-state index contributed by atoms with van der Waals surface area (Å²) in [5.74, 6) is 1.47. The zero-order chi connectivity index (χ0) is 15.1. The molecule has 0 radical (unpaired) electrons. The Kier molecular flexibility index (Phi) is 7.10. The zero-order valence-electron chi connectivity index (χ0n) is 13.8. The van der Waals surface area contributed by atoms with Gasteiger partial charge >= 0.3 is 0 Å². The van der Waals surface area contributed by atoms with E-state index >= 15 is 0 Å². The minimum Gasteiger partial charge on any atom is -0.384 e. The Hall–Kier alpha value is -1.00. The second-order valence-electron chi connectivity index (χ2n) is 5.90. The Labute approximate surface area is 123 Å². The van der Waals surface area contributed by atoms with Crippen LogP contribution in [0.15, 0.2) is 0 Å². The first-order valence-corrected chi connectivity index (χ1v) is 7.49. The highest BCUT2D eigenvalue weighted by molar-refractivity contribution is 5.25. The maximum Gasteiger partial charge on any atom is 0.131 e. The number of rotatable bonds is 8. The van der Waals surface area contributed by atoms with Gasteiger partial charge in [-0.3, -0.25) is 0 Å². The summed E-state index contributed by atoms with van der Waals surface area (Å²) < 4.78 is 5.09. The summed E-state index contributed by atoms with van der Waals surface area (Å²) >= 11 is 0. The van der Waals surface area contributed by atoms with Gasteiger partial charge in [0.25, 0.3) is 0 Å². The molecule has 0 aliphatic carbocycles. The molecule has 4 heteroatoms. The second kappa shape index (κ2) is 8.32. The number of hydrogen-bond donors (Lipinski definition) is 1. The van der Waals surface area contributed by atoms with Crippen molar-refractivity contribution in [2.45, 2.75) is 53.5 Å². The van der Waals surface area contributed by atoms with E-state index < -0.39 is 0 Å². The molecule has 1 rings (SSSR count). The number of methoxy groups -OCH3 is 1. The van der Waals surface area contributed by atoms with Gasteiger partial charge in [0, 0.05) is 31.0 Å². The summed E-state index contributed by atoms with van der Waals surface area (Å²) in [6.45, 7) is 12.5. The molecular weight excluding hydrogens is 250 g/mol. The van der Waals surface area contributed by atoms with Crippen LogP contribution in [0.1, 0.15) is 43.5 Å². The molecule has 0 aliphatic heterocycles. The lowest BCUT2D eigenvalue weighted by Gasteiger charge is -2.17. The van der Waals surface area contributed by atoms with Crippen LogP contribution in [0.5, 0.6) is 0 Å². The van der Waals surface area contributed by atoms with Crippen LogP contribution in [0.4, 0.5) is 0 Å². The number of aryl methyl sites for hydroxylation is 2. The number of nitrogens with one attached hydrogen (secondary N) is 1. The third-order valence-electron chi connectivity index (χ3n) is 3.42. The van der Waals surface area contributed by atoms with Crippen LogP contribution < -0.4 is 5.32 Å². The first kappa shape index (κ1) is 17.1. The Morgan fingerprint density at radius 2 is 1.70 bits per heavy atom. The predicted octanol–water partition coefficient (Wildman–Crippen LogP) is 2.46. The molecule has 20 heavy (non-hydrogen) atoms. The van der Waals surface area contributed by atoms with E-state index in [-0.39, 0.29) is 0 Å². The molecule has 0 amide bonds. The first-order valence-electron chi connectivity index (χ1n) is 7.49. The Bertz CT molecular complexity index is 395. The standard InChI is InChI=1S/C16H29N3O/c1-11(2)17-10-12(3)9-15-13(4)18-16(7-8-20-6)19-14(15)5/h11-12,17H,7-10H2,1-6H3. The molecule has 0 spiro atoms. The predicted molar refractivity (Wildman–Crippen MR) is 83.1 cm³/mol. The Morgan fingerprint density at radius 3 is 2.20 bits per heavy atom. The van der Waals surface area contributed by atoms with Crippen molar-refractivity contribution in [1.82, 2.24) is 15.3 Å². The van der Waals surface area contributed by atoms with Crippen molar-refractivity contribution in [3.8, 4) is 0 Å². The lowest BCUT2D eigenvalue weighted by molar-refractivity contribution is 0.200. The van der Waals surface area contributed by atoms with Crippen LogP contribution in [0.3, 0.4) is 0 Å². The van der Waals surface area contributed by atoms with Gasteiger partial charge < -0.3 is 10.1 Å². The van der Waals surface area contributed by atoms with E-state index in [1.807, 2.05) is 0 Å². The maximum absolute atomic E-state index is 5.09. The van der Waals surface area contributed by atoms with Crippen LogP contribution in [-0.2, 0) is 17.6 Å². The minimum absolute atomic E-state index is 0.535. The molecule has 1 heterocycles. The van der Waals surface area contributed by atoms with Crippen molar-refractivity contribution in [3.63, 3.8) is 0 Å². The summed E-state index contributed by atoms with van der Waals surface area (Å²) in [6.07, 6.45) is 1.81. The number of nitrogens with zero attached hydrogens (tertiary/aromatic N) is 2. The van der Waals surface area contributed by atoms with E-state index in [9.17, 15) is 0 Å².